The van der Waals surface area contributed by atoms with Gasteiger partial charge in [-0.25, -0.2) is 0 Å². The van der Waals surface area contributed by atoms with Gasteiger partial charge in [0.25, 0.3) is 0 Å². The van der Waals surface area contributed by atoms with Crippen molar-refractivity contribution < 1.29 is 0 Å². The molecule has 0 heterocycles. The largest absolute Gasteiger partial charge is 0.310 e. The van der Waals surface area contributed by atoms with Gasteiger partial charge in [-0.1, -0.05) is 72.8 Å². The molecule has 5 aromatic rings. The fraction of sp³-hybridized carbons (Fsp3) is 0. The molecule has 0 aliphatic rings. The molecule has 0 N–H and O–H groups in total. The molecule has 31 heavy (non-hydrogen) atoms. The molecule has 146 valence electrons. The van der Waals surface area contributed by atoms with Crippen molar-refractivity contribution >= 4 is 27.8 Å². The summed E-state index contributed by atoms with van der Waals surface area (Å²) in [6.07, 6.45) is 0. The first-order valence-corrected chi connectivity index (χ1v) is 10.3. The topological polar surface area (TPSA) is 27.0 Å². The quantitative estimate of drug-likeness (QED) is 0.309. The van der Waals surface area contributed by atoms with E-state index in [0.29, 0.717) is 5.56 Å². The Morgan fingerprint density at radius 1 is 0.548 bits per heavy atom. The minimum atomic E-state index is 0.651. The summed E-state index contributed by atoms with van der Waals surface area (Å²) in [7, 11) is 0. The Labute approximate surface area is 182 Å². The Kier molecular flexibility index (Phi) is 4.92. The van der Waals surface area contributed by atoms with Gasteiger partial charge >= 0.3 is 0 Å². The summed E-state index contributed by atoms with van der Waals surface area (Å²) in [5.74, 6) is 0. The van der Waals surface area contributed by atoms with Gasteiger partial charge in [0.2, 0.25) is 0 Å². The third kappa shape index (κ3) is 3.66. The average Bonchev–Trinajstić information content (AvgIpc) is 2.85. The van der Waals surface area contributed by atoms with Crippen LogP contribution in [0, 0.1) is 11.3 Å². The van der Waals surface area contributed by atoms with Crippen molar-refractivity contribution in [3.05, 3.63) is 127 Å². The molecule has 0 atom stereocenters. The van der Waals surface area contributed by atoms with E-state index in [1.54, 1.807) is 0 Å². The second-order valence-corrected chi connectivity index (χ2v) is 7.41. The van der Waals surface area contributed by atoms with Gasteiger partial charge in [-0.3, -0.25) is 0 Å². The molecule has 2 heteroatoms. The van der Waals surface area contributed by atoms with Gasteiger partial charge in [0.15, 0.2) is 0 Å². The van der Waals surface area contributed by atoms with E-state index in [-0.39, 0.29) is 0 Å². The molecular weight excluding hydrogens is 376 g/mol. The predicted molar refractivity (Wildman–Crippen MR) is 129 cm³/mol. The van der Waals surface area contributed by atoms with Gasteiger partial charge in [0.05, 0.1) is 17.3 Å². The summed E-state index contributed by atoms with van der Waals surface area (Å²) < 4.78 is 0. The third-order valence-corrected chi connectivity index (χ3v) is 5.46. The first kappa shape index (κ1) is 18.7. The predicted octanol–water partition coefficient (Wildman–Crippen LogP) is 7.85. The summed E-state index contributed by atoms with van der Waals surface area (Å²) in [6, 6.07) is 43.8. The van der Waals surface area contributed by atoms with E-state index in [2.05, 4.69) is 95.9 Å². The number of para-hydroxylation sites is 1. The molecule has 0 aromatic heterocycles. The van der Waals surface area contributed by atoms with Crippen molar-refractivity contribution in [2.24, 2.45) is 0 Å². The number of fused-ring (bicyclic) bond motifs is 1. The number of hydrogen-bond acceptors (Lipinski definition) is 2. The molecule has 0 fully saturated rings. The average molecular weight is 396 g/mol. The highest BCUT2D eigenvalue weighted by atomic mass is 15.1. The maximum absolute atomic E-state index is 9.25. The lowest BCUT2D eigenvalue weighted by Crippen LogP contribution is -2.11. The molecule has 0 aliphatic heterocycles. The zero-order valence-electron chi connectivity index (χ0n) is 16.9. The van der Waals surface area contributed by atoms with Crippen molar-refractivity contribution in [1.29, 1.82) is 5.26 Å². The Morgan fingerprint density at radius 3 is 1.74 bits per heavy atom. The molecular formula is C29H20N2. The van der Waals surface area contributed by atoms with Crippen molar-refractivity contribution in [2.45, 2.75) is 0 Å². The standard InChI is InChI=1S/C29H20N2/c30-21-22-15-17-27(18-16-22)31(26-13-5-2-6-14-26)29-20-25-12-8-7-11-24(25)19-28(29)23-9-3-1-4-10-23/h1-20H. The van der Waals surface area contributed by atoms with Gasteiger partial charge < -0.3 is 4.90 Å². The van der Waals surface area contributed by atoms with E-state index in [1.807, 2.05) is 36.4 Å². The van der Waals surface area contributed by atoms with Crippen LogP contribution in [0.5, 0.6) is 0 Å². The Hall–Kier alpha value is -4.35. The van der Waals surface area contributed by atoms with Crippen molar-refractivity contribution in [3.63, 3.8) is 0 Å². The second kappa shape index (κ2) is 8.18. The van der Waals surface area contributed by atoms with E-state index in [1.165, 1.54) is 10.8 Å². The molecule has 0 saturated heterocycles. The number of rotatable bonds is 4. The van der Waals surface area contributed by atoms with E-state index in [4.69, 9.17) is 0 Å². The van der Waals surface area contributed by atoms with Crippen LogP contribution in [0.2, 0.25) is 0 Å². The summed E-state index contributed by atoms with van der Waals surface area (Å²) in [5.41, 5.74) is 6.15. The van der Waals surface area contributed by atoms with Crippen LogP contribution in [0.15, 0.2) is 121 Å². The molecule has 2 nitrogen and oxygen atoms in total. The summed E-state index contributed by atoms with van der Waals surface area (Å²) in [6.45, 7) is 0. The zero-order valence-corrected chi connectivity index (χ0v) is 16.9. The Bertz CT molecular complexity index is 1370. The van der Waals surface area contributed by atoms with Crippen LogP contribution < -0.4 is 4.90 Å². The van der Waals surface area contributed by atoms with Crippen LogP contribution in [0.4, 0.5) is 17.1 Å². The highest BCUT2D eigenvalue weighted by molar-refractivity contribution is 5.98. The normalized spacial score (nSPS) is 10.5. The van der Waals surface area contributed by atoms with E-state index in [0.717, 1.165) is 28.2 Å². The van der Waals surface area contributed by atoms with Gasteiger partial charge in [-0.15, -0.1) is 0 Å². The maximum atomic E-state index is 9.25. The molecule has 5 aromatic carbocycles. The number of anilines is 3. The van der Waals surface area contributed by atoms with Crippen molar-refractivity contribution in [2.75, 3.05) is 4.90 Å². The summed E-state index contributed by atoms with van der Waals surface area (Å²) in [4.78, 5) is 2.26. The molecule has 5 rings (SSSR count). The number of nitriles is 1. The molecule has 0 spiro atoms. The lowest BCUT2D eigenvalue weighted by atomic mass is 9.97. The molecule has 0 bridgehead atoms. The molecule has 0 radical (unpaired) electrons. The van der Waals surface area contributed by atoms with Crippen molar-refractivity contribution in [1.82, 2.24) is 0 Å². The maximum Gasteiger partial charge on any atom is 0.0991 e. The lowest BCUT2D eigenvalue weighted by Gasteiger charge is -2.28. The number of benzene rings is 5. The van der Waals surface area contributed by atoms with Gasteiger partial charge in [-0.2, -0.15) is 5.26 Å². The highest BCUT2D eigenvalue weighted by Crippen LogP contribution is 2.42. The summed E-state index contributed by atoms with van der Waals surface area (Å²) in [5, 5.41) is 11.6. The monoisotopic (exact) mass is 396 g/mol. The number of nitrogens with zero attached hydrogens (tertiary/aromatic N) is 2. The van der Waals surface area contributed by atoms with Gasteiger partial charge in [-0.05, 0) is 64.9 Å². The fourth-order valence-electron chi connectivity index (χ4n) is 3.95. The van der Waals surface area contributed by atoms with Gasteiger partial charge in [0.1, 0.15) is 0 Å². The summed E-state index contributed by atoms with van der Waals surface area (Å²) >= 11 is 0. The zero-order chi connectivity index (χ0) is 21.0. The van der Waals surface area contributed by atoms with E-state index < -0.39 is 0 Å². The molecule has 0 aliphatic carbocycles. The SMILES string of the molecule is N#Cc1ccc(N(c2ccccc2)c2cc3ccccc3cc2-c2ccccc2)cc1. The van der Waals surface area contributed by atoms with Crippen LogP contribution in [0.25, 0.3) is 21.9 Å². The van der Waals surface area contributed by atoms with E-state index in [9.17, 15) is 5.26 Å². The van der Waals surface area contributed by atoms with E-state index >= 15 is 0 Å². The minimum Gasteiger partial charge on any atom is -0.310 e. The fourth-order valence-corrected chi connectivity index (χ4v) is 3.95. The first-order chi connectivity index (χ1) is 15.3. The van der Waals surface area contributed by atoms with Gasteiger partial charge in [0, 0.05) is 16.9 Å². The van der Waals surface area contributed by atoms with Crippen LogP contribution >= 0.6 is 0 Å². The minimum absolute atomic E-state index is 0.651. The molecule has 0 unspecified atom stereocenters. The van der Waals surface area contributed by atoms with Crippen LogP contribution in [0.3, 0.4) is 0 Å². The number of hydrogen-bond donors (Lipinski definition) is 0. The van der Waals surface area contributed by atoms with Crippen molar-refractivity contribution in [3.8, 4) is 17.2 Å². The smallest absolute Gasteiger partial charge is 0.0991 e. The van der Waals surface area contributed by atoms with Crippen LogP contribution in [0.1, 0.15) is 5.56 Å². The molecule has 0 saturated carbocycles. The third-order valence-electron chi connectivity index (χ3n) is 5.46. The Morgan fingerprint density at radius 2 is 1.10 bits per heavy atom. The first-order valence-electron chi connectivity index (χ1n) is 10.3. The lowest BCUT2D eigenvalue weighted by molar-refractivity contribution is 1.29. The van der Waals surface area contributed by atoms with Crippen LogP contribution in [-0.2, 0) is 0 Å². The second-order valence-electron chi connectivity index (χ2n) is 7.41. The van der Waals surface area contributed by atoms with Crippen LogP contribution in [-0.4, -0.2) is 0 Å². The Balaban J connectivity index is 1.81. The molecule has 0 amide bonds. The highest BCUT2D eigenvalue weighted by Gasteiger charge is 2.18.